The second-order valence-corrected chi connectivity index (χ2v) is 24.3. The van der Waals surface area contributed by atoms with E-state index in [2.05, 4.69) is 93.4 Å². The van der Waals surface area contributed by atoms with Crippen LogP contribution in [0.4, 0.5) is 0 Å². The summed E-state index contributed by atoms with van der Waals surface area (Å²) in [6, 6.07) is 8.12. The van der Waals surface area contributed by atoms with E-state index in [1.165, 1.54) is 0 Å². The van der Waals surface area contributed by atoms with E-state index in [4.69, 9.17) is 18.3 Å². The number of benzene rings is 1. The predicted octanol–water partition coefficient (Wildman–Crippen LogP) is 9.66. The van der Waals surface area contributed by atoms with Crippen molar-refractivity contribution in [2.75, 3.05) is 7.11 Å². The summed E-state index contributed by atoms with van der Waals surface area (Å²) in [5.74, 6) is 0.849. The van der Waals surface area contributed by atoms with Crippen molar-refractivity contribution in [3.05, 3.63) is 42.5 Å². The molecule has 0 aliphatic carbocycles. The maximum absolute atomic E-state index is 10.8. The molecule has 0 spiro atoms. The Morgan fingerprint density at radius 2 is 1.41 bits per heavy atom. The minimum Gasteiger partial charge on any atom is -0.497 e. The highest BCUT2D eigenvalue weighted by Gasteiger charge is 2.42. The lowest BCUT2D eigenvalue weighted by atomic mass is 9.98. The van der Waals surface area contributed by atoms with Crippen LogP contribution in [0.1, 0.15) is 99.0 Å². The van der Waals surface area contributed by atoms with Gasteiger partial charge in [0.1, 0.15) is 5.75 Å². The molecule has 1 N–H and O–H groups in total. The summed E-state index contributed by atoms with van der Waals surface area (Å²) < 4.78 is 26.1. The number of aliphatic hydroxyl groups is 1. The van der Waals surface area contributed by atoms with Crippen molar-refractivity contribution in [1.29, 1.82) is 0 Å². The van der Waals surface area contributed by atoms with E-state index in [0.29, 0.717) is 19.4 Å². The first kappa shape index (κ1) is 38.1. The molecule has 0 fully saturated rings. The molecule has 0 amide bonds. The molecule has 41 heavy (non-hydrogen) atoms. The van der Waals surface area contributed by atoms with E-state index in [1.807, 2.05) is 12.1 Å². The summed E-state index contributed by atoms with van der Waals surface area (Å²) in [6.07, 6.45) is 7.26. The number of methoxy groups -OCH3 is 1. The average Bonchev–Trinajstić information content (AvgIpc) is 2.85. The molecule has 0 radical (unpaired) electrons. The molecule has 0 saturated carbocycles. The Morgan fingerprint density at radius 1 is 0.854 bits per heavy atom. The maximum Gasteiger partial charge on any atom is 0.192 e. The van der Waals surface area contributed by atoms with Gasteiger partial charge in [-0.2, -0.15) is 0 Å². The molecular formula is C34H64O5Si2. The van der Waals surface area contributed by atoms with Crippen LogP contribution in [0.3, 0.4) is 0 Å². The topological polar surface area (TPSA) is 57.2 Å². The number of hydrogen-bond donors (Lipinski definition) is 1. The molecule has 238 valence electrons. The molecule has 0 aromatic heterocycles. The molecule has 7 heteroatoms. The van der Waals surface area contributed by atoms with Crippen molar-refractivity contribution >= 4 is 16.6 Å². The first-order valence-corrected chi connectivity index (χ1v) is 21.6. The second-order valence-electron chi connectivity index (χ2n) is 14.7. The van der Waals surface area contributed by atoms with E-state index in [0.717, 1.165) is 43.4 Å². The SMILES string of the molecule is C=CC[C@@H](O)C[C@H](CC[C@@H](O[Si](C)(C)C(C)(C)C)[C@@H](CCCC)OCc1ccc(OC)cc1)O[Si](C)(C)C(C)(C)C. The zero-order chi connectivity index (χ0) is 31.5. The summed E-state index contributed by atoms with van der Waals surface area (Å²) in [6.45, 7) is 29.6. The molecular weight excluding hydrogens is 545 g/mol. The van der Waals surface area contributed by atoms with Crippen LogP contribution in [0, 0.1) is 0 Å². The molecule has 1 rings (SSSR count). The molecule has 0 bridgehead atoms. The lowest BCUT2D eigenvalue weighted by Crippen LogP contribution is -2.48. The third-order valence-corrected chi connectivity index (χ3v) is 18.2. The van der Waals surface area contributed by atoms with Gasteiger partial charge in [-0.3, -0.25) is 0 Å². The predicted molar refractivity (Wildman–Crippen MR) is 180 cm³/mol. The Morgan fingerprint density at radius 3 is 1.90 bits per heavy atom. The van der Waals surface area contributed by atoms with Crippen LogP contribution in [-0.2, 0) is 20.2 Å². The Kier molecular flexibility index (Phi) is 15.6. The van der Waals surface area contributed by atoms with E-state index < -0.39 is 22.7 Å². The number of unbranched alkanes of at least 4 members (excludes halogenated alkanes) is 1. The van der Waals surface area contributed by atoms with Gasteiger partial charge >= 0.3 is 0 Å². The molecule has 0 unspecified atom stereocenters. The van der Waals surface area contributed by atoms with Crippen LogP contribution in [0.2, 0.25) is 36.3 Å². The second kappa shape index (κ2) is 16.8. The number of aliphatic hydroxyl groups excluding tert-OH is 1. The number of hydrogen-bond acceptors (Lipinski definition) is 5. The fourth-order valence-electron chi connectivity index (χ4n) is 4.34. The zero-order valence-electron chi connectivity index (χ0n) is 28.6. The van der Waals surface area contributed by atoms with Crippen LogP contribution < -0.4 is 4.74 Å². The van der Waals surface area contributed by atoms with Crippen LogP contribution in [0.25, 0.3) is 0 Å². The van der Waals surface area contributed by atoms with Gasteiger partial charge in [0.2, 0.25) is 0 Å². The fourth-order valence-corrected chi connectivity index (χ4v) is 7.12. The highest BCUT2D eigenvalue weighted by atomic mass is 28.4. The summed E-state index contributed by atoms with van der Waals surface area (Å²) in [4.78, 5) is 0. The Bertz CT molecular complexity index is 871. The fraction of sp³-hybridized carbons (Fsp3) is 0.765. The van der Waals surface area contributed by atoms with E-state index >= 15 is 0 Å². The van der Waals surface area contributed by atoms with Crippen molar-refractivity contribution in [2.45, 2.75) is 161 Å². The minimum absolute atomic E-state index is 0.0159. The molecule has 0 aliphatic heterocycles. The third-order valence-electron chi connectivity index (χ3n) is 9.15. The highest BCUT2D eigenvalue weighted by molar-refractivity contribution is 6.74. The van der Waals surface area contributed by atoms with Crippen molar-refractivity contribution in [1.82, 2.24) is 0 Å². The largest absolute Gasteiger partial charge is 0.497 e. The van der Waals surface area contributed by atoms with Gasteiger partial charge in [0.15, 0.2) is 16.6 Å². The summed E-state index contributed by atoms with van der Waals surface area (Å²) in [5, 5.41) is 10.9. The molecule has 0 saturated heterocycles. The Labute approximate surface area is 255 Å². The van der Waals surface area contributed by atoms with Crippen molar-refractivity contribution < 1.29 is 23.4 Å². The Hall–Kier alpha value is -0.966. The molecule has 4 atom stereocenters. The number of ether oxygens (including phenoxy) is 2. The zero-order valence-corrected chi connectivity index (χ0v) is 30.6. The van der Waals surface area contributed by atoms with Crippen LogP contribution in [0.15, 0.2) is 36.9 Å². The van der Waals surface area contributed by atoms with E-state index in [1.54, 1.807) is 13.2 Å². The highest BCUT2D eigenvalue weighted by Crippen LogP contribution is 2.41. The smallest absolute Gasteiger partial charge is 0.192 e. The summed E-state index contributed by atoms with van der Waals surface area (Å²) in [5.41, 5.74) is 1.13. The van der Waals surface area contributed by atoms with Gasteiger partial charge in [-0.15, -0.1) is 6.58 Å². The monoisotopic (exact) mass is 608 g/mol. The van der Waals surface area contributed by atoms with Gasteiger partial charge in [0, 0.05) is 6.10 Å². The quantitative estimate of drug-likeness (QED) is 0.125. The first-order valence-electron chi connectivity index (χ1n) is 15.8. The number of rotatable bonds is 19. The minimum atomic E-state index is -2.08. The van der Waals surface area contributed by atoms with Crippen molar-refractivity contribution in [3.63, 3.8) is 0 Å². The lowest BCUT2D eigenvalue weighted by molar-refractivity contribution is -0.0522. The van der Waals surface area contributed by atoms with Crippen molar-refractivity contribution in [3.8, 4) is 5.75 Å². The first-order chi connectivity index (χ1) is 18.9. The molecule has 1 aromatic carbocycles. The van der Waals surface area contributed by atoms with Gasteiger partial charge < -0.3 is 23.4 Å². The van der Waals surface area contributed by atoms with Gasteiger partial charge in [0.05, 0.1) is 32.0 Å². The van der Waals surface area contributed by atoms with Gasteiger partial charge in [-0.25, -0.2) is 0 Å². The average molecular weight is 609 g/mol. The van der Waals surface area contributed by atoms with Gasteiger partial charge in [0.25, 0.3) is 0 Å². The molecule has 1 aromatic rings. The summed E-state index contributed by atoms with van der Waals surface area (Å²) >= 11 is 0. The van der Waals surface area contributed by atoms with Crippen molar-refractivity contribution in [2.24, 2.45) is 0 Å². The van der Waals surface area contributed by atoms with Crippen LogP contribution in [-0.4, -0.2) is 53.3 Å². The Balaban J connectivity index is 3.29. The summed E-state index contributed by atoms with van der Waals surface area (Å²) in [7, 11) is -2.42. The van der Waals surface area contributed by atoms with E-state index in [9.17, 15) is 5.11 Å². The van der Waals surface area contributed by atoms with Crippen LogP contribution in [0.5, 0.6) is 5.75 Å². The molecule has 5 nitrogen and oxygen atoms in total. The molecule has 0 heterocycles. The van der Waals surface area contributed by atoms with Crippen LogP contribution >= 0.6 is 0 Å². The van der Waals surface area contributed by atoms with Gasteiger partial charge in [-0.1, -0.05) is 79.5 Å². The van der Waals surface area contributed by atoms with Gasteiger partial charge in [-0.05, 0) is 86.1 Å². The third kappa shape index (κ3) is 13.1. The standard InChI is InChI=1S/C34H64O5Si2/c1-14-16-18-31(37-26-27-19-21-29(36-9)22-20-27)32(39-41(12,13)34(6,7)8)24-23-30(25-28(35)17-15-2)38-40(10,11)33(3,4)5/h15,19-22,28,30-32,35H,2,14,16-18,23-26H2,1,3-13H3/t28-,30+,31-,32-/m1/s1. The molecule has 0 aliphatic rings. The normalized spacial score (nSPS) is 16.2. The van der Waals surface area contributed by atoms with E-state index in [-0.39, 0.29) is 28.4 Å². The lowest BCUT2D eigenvalue weighted by Gasteiger charge is -2.43. The maximum atomic E-state index is 10.8.